The predicted molar refractivity (Wildman–Crippen MR) is 105 cm³/mol. The van der Waals surface area contributed by atoms with E-state index in [9.17, 15) is 4.79 Å². The highest BCUT2D eigenvalue weighted by atomic mass is 32.2. The molecule has 2 heterocycles. The molecule has 120 valence electrons. The number of anilines is 1. The van der Waals surface area contributed by atoms with Gasteiger partial charge in [-0.2, -0.15) is 0 Å². The number of amides is 1. The highest BCUT2D eigenvalue weighted by Crippen LogP contribution is 2.45. The van der Waals surface area contributed by atoms with Crippen molar-refractivity contribution >= 4 is 46.5 Å². The largest absolute Gasteiger partial charge is 0.321 e. The third-order valence-corrected chi connectivity index (χ3v) is 6.93. The van der Waals surface area contributed by atoms with Crippen molar-refractivity contribution in [3.63, 3.8) is 0 Å². The number of rotatable bonds is 3. The monoisotopic (exact) mass is 369 g/mol. The second-order valence-corrected chi connectivity index (χ2v) is 8.38. The zero-order chi connectivity index (χ0) is 16.5. The van der Waals surface area contributed by atoms with Crippen LogP contribution in [0.5, 0.6) is 0 Å². The van der Waals surface area contributed by atoms with Gasteiger partial charge in [0, 0.05) is 31.7 Å². The lowest BCUT2D eigenvalue weighted by Crippen LogP contribution is -2.10. The summed E-state index contributed by atoms with van der Waals surface area (Å²) < 4.78 is 0. The first-order valence-corrected chi connectivity index (χ1v) is 10.6. The Morgan fingerprint density at radius 3 is 2.88 bits per heavy atom. The van der Waals surface area contributed by atoms with Gasteiger partial charge in [-0.3, -0.25) is 4.79 Å². The highest BCUT2D eigenvalue weighted by Gasteiger charge is 2.21. The van der Waals surface area contributed by atoms with E-state index in [0.717, 1.165) is 21.2 Å². The highest BCUT2D eigenvalue weighted by molar-refractivity contribution is 7.99. The Kier molecular flexibility index (Phi) is 4.39. The second-order valence-electron chi connectivity index (χ2n) is 5.44. The predicted octanol–water partition coefficient (Wildman–Crippen LogP) is 6.00. The third kappa shape index (κ3) is 2.99. The van der Waals surface area contributed by atoms with Gasteiger partial charge in [0.1, 0.15) is 0 Å². The van der Waals surface area contributed by atoms with Crippen molar-refractivity contribution in [3.8, 4) is 10.4 Å². The Morgan fingerprint density at radius 2 is 2.00 bits per heavy atom. The molecule has 0 atom stereocenters. The summed E-state index contributed by atoms with van der Waals surface area (Å²) in [5.74, 6) is 0.896. The van der Waals surface area contributed by atoms with Crippen LogP contribution in [-0.2, 0) is 5.75 Å². The van der Waals surface area contributed by atoms with Gasteiger partial charge in [-0.25, -0.2) is 0 Å². The van der Waals surface area contributed by atoms with Gasteiger partial charge >= 0.3 is 0 Å². The van der Waals surface area contributed by atoms with Crippen LogP contribution in [0.1, 0.15) is 15.2 Å². The molecule has 0 fully saturated rings. The molecule has 2 nitrogen and oxygen atoms in total. The number of thioether (sulfide) groups is 2. The van der Waals surface area contributed by atoms with Crippen LogP contribution in [0, 0.1) is 0 Å². The maximum absolute atomic E-state index is 12.6. The van der Waals surface area contributed by atoms with Crippen LogP contribution in [0.4, 0.5) is 5.69 Å². The first-order chi connectivity index (χ1) is 11.7. The van der Waals surface area contributed by atoms with Crippen molar-refractivity contribution in [2.45, 2.75) is 15.5 Å². The van der Waals surface area contributed by atoms with Crippen LogP contribution < -0.4 is 5.32 Å². The number of fused-ring (bicyclic) bond motifs is 3. The van der Waals surface area contributed by atoms with Gasteiger partial charge in [-0.1, -0.05) is 24.3 Å². The Hall–Kier alpha value is -1.69. The molecular weight excluding hydrogens is 354 g/mol. The van der Waals surface area contributed by atoms with Gasteiger partial charge < -0.3 is 5.32 Å². The van der Waals surface area contributed by atoms with E-state index in [0.29, 0.717) is 0 Å². The second kappa shape index (κ2) is 6.67. The van der Waals surface area contributed by atoms with Crippen molar-refractivity contribution in [3.05, 3.63) is 65.0 Å². The fourth-order valence-electron chi connectivity index (χ4n) is 2.70. The van der Waals surface area contributed by atoms with Gasteiger partial charge in [-0.15, -0.1) is 34.9 Å². The summed E-state index contributed by atoms with van der Waals surface area (Å²) in [6.45, 7) is 0. The van der Waals surface area contributed by atoms with E-state index >= 15 is 0 Å². The van der Waals surface area contributed by atoms with E-state index in [1.165, 1.54) is 20.9 Å². The first kappa shape index (κ1) is 15.8. The maximum Gasteiger partial charge on any atom is 0.265 e. The van der Waals surface area contributed by atoms with Crippen molar-refractivity contribution in [2.75, 3.05) is 11.6 Å². The van der Waals surface area contributed by atoms with E-state index in [1.807, 2.05) is 48.3 Å². The molecule has 1 amide bonds. The average molecular weight is 370 g/mol. The van der Waals surface area contributed by atoms with E-state index in [-0.39, 0.29) is 5.91 Å². The molecule has 2 aromatic carbocycles. The molecule has 1 aliphatic heterocycles. The van der Waals surface area contributed by atoms with E-state index in [2.05, 4.69) is 29.6 Å². The summed E-state index contributed by atoms with van der Waals surface area (Å²) in [6.07, 6.45) is 2.03. The molecule has 1 aromatic heterocycles. The average Bonchev–Trinajstić information content (AvgIpc) is 3.07. The molecule has 0 saturated carbocycles. The Bertz CT molecular complexity index is 916. The quantitative estimate of drug-likeness (QED) is 0.575. The van der Waals surface area contributed by atoms with Crippen LogP contribution in [0.3, 0.4) is 0 Å². The van der Waals surface area contributed by atoms with Gasteiger partial charge in [0.25, 0.3) is 5.91 Å². The van der Waals surface area contributed by atoms with Gasteiger partial charge in [0.05, 0.1) is 4.88 Å². The maximum atomic E-state index is 12.6. The molecule has 0 radical (unpaired) electrons. The molecule has 1 N–H and O–H groups in total. The molecule has 0 bridgehead atoms. The SMILES string of the molecule is CSc1cccc(NC(=O)c2cc3c(s2)-c2ccccc2SC3)c1. The lowest BCUT2D eigenvalue weighted by Gasteiger charge is -2.14. The molecule has 24 heavy (non-hydrogen) atoms. The molecular formula is C19H15NOS3. The topological polar surface area (TPSA) is 29.1 Å². The fraction of sp³-hybridized carbons (Fsp3) is 0.105. The lowest BCUT2D eigenvalue weighted by molar-refractivity contribution is 0.103. The first-order valence-electron chi connectivity index (χ1n) is 7.55. The van der Waals surface area contributed by atoms with E-state index in [4.69, 9.17) is 0 Å². The minimum Gasteiger partial charge on any atom is -0.321 e. The van der Waals surface area contributed by atoms with Gasteiger partial charge in [0.15, 0.2) is 0 Å². The fourth-order valence-corrected chi connectivity index (χ4v) is 5.47. The van der Waals surface area contributed by atoms with Crippen molar-refractivity contribution in [1.29, 1.82) is 0 Å². The molecule has 5 heteroatoms. The molecule has 3 aromatic rings. The summed E-state index contributed by atoms with van der Waals surface area (Å²) >= 11 is 5.09. The van der Waals surface area contributed by atoms with Crippen LogP contribution in [-0.4, -0.2) is 12.2 Å². The number of hydrogen-bond acceptors (Lipinski definition) is 4. The van der Waals surface area contributed by atoms with Crippen molar-refractivity contribution in [1.82, 2.24) is 0 Å². The van der Waals surface area contributed by atoms with Crippen molar-refractivity contribution < 1.29 is 4.79 Å². The molecule has 0 aliphatic carbocycles. The van der Waals surface area contributed by atoms with Crippen LogP contribution in [0.15, 0.2) is 64.4 Å². The smallest absolute Gasteiger partial charge is 0.265 e. The number of carbonyl (C=O) groups excluding carboxylic acids is 1. The molecule has 0 spiro atoms. The third-order valence-electron chi connectivity index (χ3n) is 3.88. The number of carbonyl (C=O) groups is 1. The van der Waals surface area contributed by atoms with Gasteiger partial charge in [0.2, 0.25) is 0 Å². The zero-order valence-electron chi connectivity index (χ0n) is 13.0. The summed E-state index contributed by atoms with van der Waals surface area (Å²) in [6, 6.07) is 18.4. The van der Waals surface area contributed by atoms with Crippen molar-refractivity contribution in [2.24, 2.45) is 0 Å². The number of thiophene rings is 1. The van der Waals surface area contributed by atoms with Crippen LogP contribution in [0.2, 0.25) is 0 Å². The number of benzene rings is 2. The van der Waals surface area contributed by atoms with Crippen LogP contribution >= 0.6 is 34.9 Å². The molecule has 0 unspecified atom stereocenters. The summed E-state index contributed by atoms with van der Waals surface area (Å²) in [4.78, 5) is 17.1. The zero-order valence-corrected chi connectivity index (χ0v) is 15.5. The summed E-state index contributed by atoms with van der Waals surface area (Å²) in [5.41, 5.74) is 3.34. The standard InChI is InChI=1S/C19H15NOS3/c1-22-14-6-4-5-13(10-14)20-19(21)17-9-12-11-23-16-8-3-2-7-15(16)18(12)24-17/h2-10H,11H2,1H3,(H,20,21). The number of nitrogens with one attached hydrogen (secondary N) is 1. The minimum absolute atomic E-state index is 0.0323. The molecule has 0 saturated heterocycles. The van der Waals surface area contributed by atoms with Gasteiger partial charge in [-0.05, 0) is 42.2 Å². The normalized spacial score (nSPS) is 12.4. The Labute approximate surface area is 153 Å². The van der Waals surface area contributed by atoms with E-state index < -0.39 is 0 Å². The Morgan fingerprint density at radius 1 is 1.12 bits per heavy atom. The minimum atomic E-state index is -0.0323. The van der Waals surface area contributed by atoms with Crippen LogP contribution in [0.25, 0.3) is 10.4 Å². The lowest BCUT2D eigenvalue weighted by atomic mass is 10.1. The molecule has 1 aliphatic rings. The van der Waals surface area contributed by atoms with E-state index in [1.54, 1.807) is 23.1 Å². The summed E-state index contributed by atoms with van der Waals surface area (Å²) in [7, 11) is 0. The number of hydrogen-bond donors (Lipinski definition) is 1. The summed E-state index contributed by atoms with van der Waals surface area (Å²) in [5, 5.41) is 3.02. The molecule has 4 rings (SSSR count). The Balaban J connectivity index is 1.62.